The third kappa shape index (κ3) is 16.6. The van der Waals surface area contributed by atoms with Crippen LogP contribution in [-0.4, -0.2) is 25.9 Å². The summed E-state index contributed by atoms with van der Waals surface area (Å²) in [7, 11) is 0. The monoisotopic (exact) mass is 326 g/mol. The van der Waals surface area contributed by atoms with Crippen molar-refractivity contribution < 1.29 is 9.47 Å². The predicted octanol–water partition coefficient (Wildman–Crippen LogP) is 6.66. The summed E-state index contributed by atoms with van der Waals surface area (Å²) in [4.78, 5) is 0. The summed E-state index contributed by atoms with van der Waals surface area (Å²) in [5.41, 5.74) is 0. The lowest BCUT2D eigenvalue weighted by Gasteiger charge is -2.04. The molecule has 1 saturated heterocycles. The maximum atomic E-state index is 5.55. The van der Waals surface area contributed by atoms with Crippen molar-refractivity contribution in [2.45, 2.75) is 116 Å². The molecule has 0 N–H and O–H groups in total. The minimum Gasteiger partial charge on any atom is -0.379 e. The minimum atomic E-state index is 0.427. The fourth-order valence-electron chi connectivity index (χ4n) is 3.13. The number of ether oxygens (including phenoxy) is 2. The van der Waals surface area contributed by atoms with E-state index in [4.69, 9.17) is 9.47 Å². The highest BCUT2D eigenvalue weighted by molar-refractivity contribution is 4.67. The maximum absolute atomic E-state index is 5.55. The second-order valence-corrected chi connectivity index (χ2v) is 7.33. The van der Waals surface area contributed by atoms with Crippen molar-refractivity contribution in [2.75, 3.05) is 19.8 Å². The van der Waals surface area contributed by atoms with Gasteiger partial charge in [0.25, 0.3) is 0 Å². The SMILES string of the molecule is CCCCCCCCCCCCCCCCCCOC[C@H]1CO1. The van der Waals surface area contributed by atoms with E-state index in [0.29, 0.717) is 6.10 Å². The molecule has 0 unspecified atom stereocenters. The molecule has 1 heterocycles. The molecule has 0 aliphatic carbocycles. The molecule has 0 aromatic heterocycles. The molecule has 0 radical (unpaired) electrons. The Bertz CT molecular complexity index is 226. The zero-order valence-corrected chi connectivity index (χ0v) is 15.8. The normalized spacial score (nSPS) is 16.8. The highest BCUT2D eigenvalue weighted by Gasteiger charge is 2.21. The fraction of sp³-hybridized carbons (Fsp3) is 1.00. The molecule has 1 atom stereocenters. The zero-order valence-electron chi connectivity index (χ0n) is 15.8. The van der Waals surface area contributed by atoms with E-state index in [0.717, 1.165) is 19.8 Å². The summed E-state index contributed by atoms with van der Waals surface area (Å²) in [6.07, 6.45) is 23.2. The van der Waals surface area contributed by atoms with Crippen LogP contribution in [0.15, 0.2) is 0 Å². The molecular formula is C21H42O2. The van der Waals surface area contributed by atoms with Gasteiger partial charge in [0.2, 0.25) is 0 Å². The van der Waals surface area contributed by atoms with Crippen molar-refractivity contribution in [3.63, 3.8) is 0 Å². The summed E-state index contributed by atoms with van der Waals surface area (Å²) in [6.45, 7) is 4.95. The van der Waals surface area contributed by atoms with Crippen molar-refractivity contribution in [1.29, 1.82) is 0 Å². The number of epoxide rings is 1. The van der Waals surface area contributed by atoms with Gasteiger partial charge in [-0.15, -0.1) is 0 Å². The summed E-state index contributed by atoms with van der Waals surface area (Å²) < 4.78 is 10.7. The Morgan fingerprint density at radius 3 is 1.43 bits per heavy atom. The van der Waals surface area contributed by atoms with Crippen molar-refractivity contribution >= 4 is 0 Å². The summed E-state index contributed by atoms with van der Waals surface area (Å²) in [6, 6.07) is 0. The molecule has 1 aliphatic rings. The van der Waals surface area contributed by atoms with E-state index >= 15 is 0 Å². The lowest BCUT2D eigenvalue weighted by atomic mass is 10.0. The molecule has 0 aromatic carbocycles. The van der Waals surface area contributed by atoms with Gasteiger partial charge in [-0.3, -0.25) is 0 Å². The number of rotatable bonds is 19. The Morgan fingerprint density at radius 1 is 0.652 bits per heavy atom. The molecule has 0 aromatic rings. The van der Waals surface area contributed by atoms with Gasteiger partial charge >= 0.3 is 0 Å². The highest BCUT2D eigenvalue weighted by atomic mass is 16.6. The van der Waals surface area contributed by atoms with Gasteiger partial charge in [0.15, 0.2) is 0 Å². The molecule has 0 saturated carbocycles. The van der Waals surface area contributed by atoms with Crippen LogP contribution in [0.25, 0.3) is 0 Å². The van der Waals surface area contributed by atoms with Crippen LogP contribution in [0.4, 0.5) is 0 Å². The molecule has 1 aliphatic heterocycles. The van der Waals surface area contributed by atoms with E-state index in [9.17, 15) is 0 Å². The maximum Gasteiger partial charge on any atom is 0.104 e. The van der Waals surface area contributed by atoms with Gasteiger partial charge in [-0.2, -0.15) is 0 Å². The van der Waals surface area contributed by atoms with E-state index in [1.54, 1.807) is 0 Å². The van der Waals surface area contributed by atoms with Crippen LogP contribution in [0.1, 0.15) is 110 Å². The molecule has 1 rings (SSSR count). The number of unbranched alkanes of at least 4 members (excludes halogenated alkanes) is 15. The van der Waals surface area contributed by atoms with E-state index < -0.39 is 0 Å². The Balaban J connectivity index is 1.59. The van der Waals surface area contributed by atoms with E-state index in [1.807, 2.05) is 0 Å². The Labute approximate surface area is 145 Å². The molecule has 138 valence electrons. The standard InChI is InChI=1S/C21H42O2/c1-2-3-4-5-6-7-8-9-10-11-12-13-14-15-16-17-18-22-19-21-20-23-21/h21H,2-20H2,1H3/t21-/m0/s1. The van der Waals surface area contributed by atoms with Crippen molar-refractivity contribution in [3.05, 3.63) is 0 Å². The van der Waals surface area contributed by atoms with Gasteiger partial charge in [-0.05, 0) is 6.42 Å². The smallest absolute Gasteiger partial charge is 0.104 e. The quantitative estimate of drug-likeness (QED) is 0.195. The summed E-state index contributed by atoms with van der Waals surface area (Å²) >= 11 is 0. The third-order valence-electron chi connectivity index (χ3n) is 4.85. The average molecular weight is 327 g/mol. The fourth-order valence-corrected chi connectivity index (χ4v) is 3.13. The third-order valence-corrected chi connectivity index (χ3v) is 4.85. The van der Waals surface area contributed by atoms with Crippen LogP contribution in [-0.2, 0) is 9.47 Å². The Hall–Kier alpha value is -0.0800. The average Bonchev–Trinajstić information content (AvgIpc) is 3.38. The summed E-state index contributed by atoms with van der Waals surface area (Å²) in [5.74, 6) is 0. The summed E-state index contributed by atoms with van der Waals surface area (Å²) in [5, 5.41) is 0. The van der Waals surface area contributed by atoms with Crippen molar-refractivity contribution in [2.24, 2.45) is 0 Å². The zero-order chi connectivity index (χ0) is 16.4. The highest BCUT2D eigenvalue weighted by Crippen LogP contribution is 2.14. The lowest BCUT2D eigenvalue weighted by Crippen LogP contribution is -2.02. The van der Waals surface area contributed by atoms with Crippen molar-refractivity contribution in [1.82, 2.24) is 0 Å². The first-order chi connectivity index (χ1) is 11.4. The van der Waals surface area contributed by atoms with Crippen LogP contribution in [0.2, 0.25) is 0 Å². The second kappa shape index (κ2) is 16.8. The number of hydrogen-bond donors (Lipinski definition) is 0. The molecule has 0 amide bonds. The molecule has 0 bridgehead atoms. The number of hydrogen-bond acceptors (Lipinski definition) is 2. The molecule has 0 spiro atoms. The van der Waals surface area contributed by atoms with Crippen molar-refractivity contribution in [3.8, 4) is 0 Å². The van der Waals surface area contributed by atoms with Gasteiger partial charge in [0.05, 0.1) is 13.2 Å². The van der Waals surface area contributed by atoms with Crippen LogP contribution in [0.5, 0.6) is 0 Å². The van der Waals surface area contributed by atoms with E-state index in [2.05, 4.69) is 6.92 Å². The molecular weight excluding hydrogens is 284 g/mol. The molecule has 2 nitrogen and oxygen atoms in total. The van der Waals surface area contributed by atoms with Gasteiger partial charge in [0.1, 0.15) is 6.10 Å². The molecule has 2 heteroatoms. The van der Waals surface area contributed by atoms with Gasteiger partial charge in [0, 0.05) is 6.61 Å². The molecule has 1 fully saturated rings. The van der Waals surface area contributed by atoms with Crippen LogP contribution in [0.3, 0.4) is 0 Å². The first kappa shape index (κ1) is 21.0. The first-order valence-electron chi connectivity index (χ1n) is 10.6. The van der Waals surface area contributed by atoms with E-state index in [1.165, 1.54) is 103 Å². The van der Waals surface area contributed by atoms with Crippen LogP contribution >= 0.6 is 0 Å². The van der Waals surface area contributed by atoms with E-state index in [-0.39, 0.29) is 0 Å². The second-order valence-electron chi connectivity index (χ2n) is 7.33. The Morgan fingerprint density at radius 2 is 1.04 bits per heavy atom. The topological polar surface area (TPSA) is 21.8 Å². The van der Waals surface area contributed by atoms with Crippen LogP contribution in [0, 0.1) is 0 Å². The Kier molecular flexibility index (Phi) is 15.3. The van der Waals surface area contributed by atoms with Crippen LogP contribution < -0.4 is 0 Å². The largest absolute Gasteiger partial charge is 0.379 e. The predicted molar refractivity (Wildman–Crippen MR) is 100 cm³/mol. The minimum absolute atomic E-state index is 0.427. The van der Waals surface area contributed by atoms with Gasteiger partial charge in [-0.25, -0.2) is 0 Å². The molecule has 23 heavy (non-hydrogen) atoms. The first-order valence-corrected chi connectivity index (χ1v) is 10.6. The van der Waals surface area contributed by atoms with Gasteiger partial charge in [-0.1, -0.05) is 103 Å². The lowest BCUT2D eigenvalue weighted by molar-refractivity contribution is 0.113. The van der Waals surface area contributed by atoms with Gasteiger partial charge < -0.3 is 9.47 Å².